The zero-order valence-electron chi connectivity index (χ0n) is 10.5. The van der Waals surface area contributed by atoms with Crippen molar-refractivity contribution in [3.05, 3.63) is 55.1 Å². The Bertz CT molecular complexity index is 774. The van der Waals surface area contributed by atoms with E-state index in [0.717, 1.165) is 33.8 Å². The summed E-state index contributed by atoms with van der Waals surface area (Å²) < 4.78 is 0. The van der Waals surface area contributed by atoms with E-state index in [-0.39, 0.29) is 0 Å². The fourth-order valence-electron chi connectivity index (χ4n) is 2.23. The number of imidazole rings is 2. The van der Waals surface area contributed by atoms with E-state index in [1.807, 2.05) is 30.5 Å². The summed E-state index contributed by atoms with van der Waals surface area (Å²) in [6.07, 6.45) is 7.08. The maximum absolute atomic E-state index is 4.62. The molecular weight excluding hydrogens is 250 g/mol. The van der Waals surface area contributed by atoms with Gasteiger partial charge in [-0.05, 0) is 24.3 Å². The highest BCUT2D eigenvalue weighted by molar-refractivity contribution is 5.84. The van der Waals surface area contributed by atoms with Gasteiger partial charge in [0.1, 0.15) is 11.5 Å². The summed E-state index contributed by atoms with van der Waals surface area (Å²) in [5, 5.41) is 1.08. The standard InChI is InChI=1S/C15H11N5/c1-4-13(15-18-7-8-19-15)20-12-3-2-11(9-10(1)12)14-16-5-6-17-14/h1-9H,(H,16,17)(H,18,19). The molecule has 0 fully saturated rings. The summed E-state index contributed by atoms with van der Waals surface area (Å²) in [6.45, 7) is 0. The molecule has 0 bridgehead atoms. The Morgan fingerprint density at radius 1 is 0.800 bits per heavy atom. The highest BCUT2D eigenvalue weighted by Crippen LogP contribution is 2.23. The number of rotatable bonds is 2. The van der Waals surface area contributed by atoms with Crippen molar-refractivity contribution < 1.29 is 0 Å². The highest BCUT2D eigenvalue weighted by atomic mass is 14.9. The summed E-state index contributed by atoms with van der Waals surface area (Å²) in [5.41, 5.74) is 2.83. The lowest BCUT2D eigenvalue weighted by molar-refractivity contribution is 1.25. The van der Waals surface area contributed by atoms with E-state index in [1.165, 1.54) is 0 Å². The Morgan fingerprint density at radius 2 is 1.60 bits per heavy atom. The molecule has 5 nitrogen and oxygen atoms in total. The SMILES string of the molecule is c1c[nH]c(-c2ccc3nc(-c4ncc[nH]4)ccc3c2)n1. The van der Waals surface area contributed by atoms with Gasteiger partial charge in [0.05, 0.1) is 5.52 Å². The summed E-state index contributed by atoms with van der Waals surface area (Å²) in [4.78, 5) is 19.3. The monoisotopic (exact) mass is 261 g/mol. The highest BCUT2D eigenvalue weighted by Gasteiger charge is 2.05. The van der Waals surface area contributed by atoms with Crippen molar-refractivity contribution in [3.63, 3.8) is 0 Å². The van der Waals surface area contributed by atoms with E-state index in [2.05, 4.69) is 31.0 Å². The quantitative estimate of drug-likeness (QED) is 0.582. The lowest BCUT2D eigenvalue weighted by Gasteiger charge is -2.03. The first-order chi connectivity index (χ1) is 9.90. The molecule has 96 valence electrons. The van der Waals surface area contributed by atoms with Gasteiger partial charge in [0.2, 0.25) is 0 Å². The molecule has 4 aromatic rings. The molecule has 0 aliphatic heterocycles. The van der Waals surface area contributed by atoms with Crippen LogP contribution in [-0.4, -0.2) is 24.9 Å². The van der Waals surface area contributed by atoms with Gasteiger partial charge < -0.3 is 9.97 Å². The van der Waals surface area contributed by atoms with Crippen LogP contribution in [0.1, 0.15) is 0 Å². The van der Waals surface area contributed by atoms with Crippen LogP contribution < -0.4 is 0 Å². The van der Waals surface area contributed by atoms with Gasteiger partial charge in [-0.3, -0.25) is 0 Å². The van der Waals surface area contributed by atoms with Gasteiger partial charge in [0.15, 0.2) is 5.82 Å². The van der Waals surface area contributed by atoms with Gasteiger partial charge >= 0.3 is 0 Å². The van der Waals surface area contributed by atoms with E-state index >= 15 is 0 Å². The number of aromatic amines is 2. The maximum atomic E-state index is 4.62. The minimum Gasteiger partial charge on any atom is -0.345 e. The van der Waals surface area contributed by atoms with E-state index in [9.17, 15) is 0 Å². The second kappa shape index (κ2) is 4.31. The number of hydrogen-bond donors (Lipinski definition) is 2. The predicted molar refractivity (Wildman–Crippen MR) is 76.9 cm³/mol. The molecule has 2 N–H and O–H groups in total. The van der Waals surface area contributed by atoms with Crippen LogP contribution in [-0.2, 0) is 0 Å². The predicted octanol–water partition coefficient (Wildman–Crippen LogP) is 3.02. The second-order valence-corrected chi connectivity index (χ2v) is 4.48. The van der Waals surface area contributed by atoms with Crippen LogP contribution in [0.15, 0.2) is 55.1 Å². The molecule has 0 unspecified atom stereocenters. The van der Waals surface area contributed by atoms with Crippen molar-refractivity contribution >= 4 is 10.9 Å². The Labute approximate surface area is 114 Å². The van der Waals surface area contributed by atoms with E-state index in [4.69, 9.17) is 0 Å². The Hall–Kier alpha value is -2.95. The topological polar surface area (TPSA) is 70.2 Å². The van der Waals surface area contributed by atoms with Crippen molar-refractivity contribution in [1.82, 2.24) is 24.9 Å². The molecule has 0 amide bonds. The lowest BCUT2D eigenvalue weighted by Crippen LogP contribution is -1.88. The summed E-state index contributed by atoms with van der Waals surface area (Å²) in [7, 11) is 0. The first-order valence-corrected chi connectivity index (χ1v) is 6.30. The van der Waals surface area contributed by atoms with Crippen molar-refractivity contribution in [2.24, 2.45) is 0 Å². The Kier molecular flexibility index (Phi) is 2.35. The third-order valence-electron chi connectivity index (χ3n) is 3.20. The number of aromatic nitrogens is 5. The molecule has 5 heteroatoms. The fourth-order valence-corrected chi connectivity index (χ4v) is 2.23. The number of pyridine rings is 1. The van der Waals surface area contributed by atoms with Crippen molar-refractivity contribution in [2.75, 3.05) is 0 Å². The molecule has 0 saturated carbocycles. The molecule has 3 heterocycles. The maximum Gasteiger partial charge on any atom is 0.155 e. The molecule has 0 aliphatic carbocycles. The van der Waals surface area contributed by atoms with E-state index < -0.39 is 0 Å². The van der Waals surface area contributed by atoms with Crippen LogP contribution >= 0.6 is 0 Å². The summed E-state index contributed by atoms with van der Waals surface area (Å²) >= 11 is 0. The third kappa shape index (κ3) is 1.76. The molecule has 3 aromatic heterocycles. The molecule has 0 saturated heterocycles. The van der Waals surface area contributed by atoms with Crippen LogP contribution in [0.2, 0.25) is 0 Å². The van der Waals surface area contributed by atoms with E-state index in [1.54, 1.807) is 18.6 Å². The Morgan fingerprint density at radius 3 is 2.35 bits per heavy atom. The molecule has 4 rings (SSSR count). The molecular formula is C15H11N5. The number of nitrogens with one attached hydrogen (secondary N) is 2. The van der Waals surface area contributed by atoms with Crippen LogP contribution in [0.25, 0.3) is 33.8 Å². The van der Waals surface area contributed by atoms with Crippen LogP contribution in [0.3, 0.4) is 0 Å². The second-order valence-electron chi connectivity index (χ2n) is 4.48. The van der Waals surface area contributed by atoms with Gasteiger partial charge in [-0.25, -0.2) is 15.0 Å². The molecule has 0 atom stereocenters. The number of benzene rings is 1. The third-order valence-corrected chi connectivity index (χ3v) is 3.20. The van der Waals surface area contributed by atoms with Gasteiger partial charge in [0.25, 0.3) is 0 Å². The average molecular weight is 261 g/mol. The van der Waals surface area contributed by atoms with E-state index in [0.29, 0.717) is 0 Å². The van der Waals surface area contributed by atoms with Gasteiger partial charge in [0, 0.05) is 35.7 Å². The molecule has 0 radical (unpaired) electrons. The smallest absolute Gasteiger partial charge is 0.155 e. The molecule has 0 aliphatic rings. The minimum atomic E-state index is 0.780. The van der Waals surface area contributed by atoms with Crippen molar-refractivity contribution in [3.8, 4) is 22.9 Å². The summed E-state index contributed by atoms with van der Waals surface area (Å²) in [5.74, 6) is 1.64. The normalized spacial score (nSPS) is 11.0. The van der Waals surface area contributed by atoms with Crippen LogP contribution in [0, 0.1) is 0 Å². The van der Waals surface area contributed by atoms with Crippen molar-refractivity contribution in [1.29, 1.82) is 0 Å². The zero-order valence-corrected chi connectivity index (χ0v) is 10.5. The van der Waals surface area contributed by atoms with Gasteiger partial charge in [-0.15, -0.1) is 0 Å². The number of fused-ring (bicyclic) bond motifs is 1. The zero-order chi connectivity index (χ0) is 13.4. The number of hydrogen-bond acceptors (Lipinski definition) is 3. The fraction of sp³-hybridized carbons (Fsp3) is 0. The summed E-state index contributed by atoms with van der Waals surface area (Å²) in [6, 6.07) is 10.1. The molecule has 20 heavy (non-hydrogen) atoms. The molecule has 1 aromatic carbocycles. The first-order valence-electron chi connectivity index (χ1n) is 6.30. The van der Waals surface area contributed by atoms with Gasteiger partial charge in [-0.2, -0.15) is 0 Å². The number of nitrogens with zero attached hydrogens (tertiary/aromatic N) is 3. The minimum absolute atomic E-state index is 0.780. The average Bonchev–Trinajstić information content (AvgIpc) is 3.19. The van der Waals surface area contributed by atoms with Crippen molar-refractivity contribution in [2.45, 2.75) is 0 Å². The lowest BCUT2D eigenvalue weighted by atomic mass is 10.1. The molecule has 0 spiro atoms. The number of H-pyrrole nitrogens is 2. The van der Waals surface area contributed by atoms with Crippen LogP contribution in [0.5, 0.6) is 0 Å². The van der Waals surface area contributed by atoms with Gasteiger partial charge in [-0.1, -0.05) is 6.07 Å². The van der Waals surface area contributed by atoms with Crippen LogP contribution in [0.4, 0.5) is 0 Å². The first kappa shape index (κ1) is 10.9. The Balaban J connectivity index is 1.83. The largest absolute Gasteiger partial charge is 0.345 e.